The third-order valence-corrected chi connectivity index (χ3v) is 7.29. The Labute approximate surface area is 228 Å². The number of anilines is 2. The fraction of sp³-hybridized carbons (Fsp3) is 0.259. The standard InChI is InChI=1S/C27H24Cl2N4O5/c1-4-38-25(36)19-22(30)33(15-10-8-14(28)9-11-15)21-18(23(34)32(24(21)35)12-13(2)3)27(19)16-6-5-7-17(29)20(16)31-26(27)37/h5-11,13H,4,12,30H2,1-3H3,(H,31,37)/t27-/m0/s1. The third kappa shape index (κ3) is 3.45. The van der Waals surface area contributed by atoms with Crippen molar-refractivity contribution in [1.29, 1.82) is 0 Å². The van der Waals surface area contributed by atoms with Crippen molar-refractivity contribution in [3.05, 3.63) is 80.7 Å². The number of hydrogen-bond acceptors (Lipinski definition) is 7. The molecule has 0 unspecified atom stereocenters. The smallest absolute Gasteiger partial charge is 0.339 e. The maximum Gasteiger partial charge on any atom is 0.339 e. The van der Waals surface area contributed by atoms with Crippen molar-refractivity contribution >= 4 is 58.3 Å². The van der Waals surface area contributed by atoms with E-state index in [0.29, 0.717) is 10.7 Å². The molecule has 0 aromatic heterocycles. The Balaban J connectivity index is 1.91. The van der Waals surface area contributed by atoms with Crippen molar-refractivity contribution in [3.8, 4) is 0 Å². The average Bonchev–Trinajstić information content (AvgIpc) is 3.28. The molecule has 3 heterocycles. The molecule has 196 valence electrons. The molecule has 3 N–H and O–H groups in total. The van der Waals surface area contributed by atoms with Crippen LogP contribution in [0.2, 0.25) is 10.0 Å². The van der Waals surface area contributed by atoms with Gasteiger partial charge in [-0.2, -0.15) is 0 Å². The number of rotatable bonds is 5. The van der Waals surface area contributed by atoms with Gasteiger partial charge in [0.15, 0.2) is 0 Å². The summed E-state index contributed by atoms with van der Waals surface area (Å²) >= 11 is 12.5. The van der Waals surface area contributed by atoms with Gasteiger partial charge in [-0.15, -0.1) is 0 Å². The average molecular weight is 555 g/mol. The number of nitrogens with two attached hydrogens (primary N) is 1. The van der Waals surface area contributed by atoms with Crippen molar-refractivity contribution in [3.63, 3.8) is 0 Å². The zero-order chi connectivity index (χ0) is 27.5. The van der Waals surface area contributed by atoms with Gasteiger partial charge < -0.3 is 15.8 Å². The molecule has 0 fully saturated rings. The number of hydrogen-bond donors (Lipinski definition) is 2. The van der Waals surface area contributed by atoms with Crippen LogP contribution in [0.4, 0.5) is 11.4 Å². The lowest BCUT2D eigenvalue weighted by molar-refractivity contribution is -0.140. The van der Waals surface area contributed by atoms with Gasteiger partial charge in [0.25, 0.3) is 11.8 Å². The van der Waals surface area contributed by atoms with Crippen LogP contribution in [0.1, 0.15) is 26.3 Å². The number of esters is 1. The van der Waals surface area contributed by atoms with Gasteiger partial charge in [-0.05, 0) is 43.2 Å². The minimum Gasteiger partial charge on any atom is -0.462 e. The van der Waals surface area contributed by atoms with Crippen LogP contribution < -0.4 is 16.0 Å². The molecule has 0 saturated heterocycles. The number of fused-ring (bicyclic) bond motifs is 3. The summed E-state index contributed by atoms with van der Waals surface area (Å²) in [7, 11) is 0. The van der Waals surface area contributed by atoms with E-state index in [1.54, 1.807) is 49.4 Å². The Hall–Kier alpha value is -3.82. The first kappa shape index (κ1) is 25.8. The molecule has 0 bridgehead atoms. The number of nitrogens with one attached hydrogen (secondary N) is 1. The van der Waals surface area contributed by atoms with Gasteiger partial charge in [-0.3, -0.25) is 24.2 Å². The highest BCUT2D eigenvalue weighted by Crippen LogP contribution is 2.56. The number of imide groups is 1. The van der Waals surface area contributed by atoms with E-state index in [0.717, 1.165) is 4.90 Å². The van der Waals surface area contributed by atoms with Gasteiger partial charge in [-0.25, -0.2) is 4.79 Å². The lowest BCUT2D eigenvalue weighted by Crippen LogP contribution is -2.51. The van der Waals surface area contributed by atoms with Gasteiger partial charge in [0, 0.05) is 22.8 Å². The Morgan fingerprint density at radius 3 is 2.39 bits per heavy atom. The summed E-state index contributed by atoms with van der Waals surface area (Å²) < 4.78 is 5.37. The van der Waals surface area contributed by atoms with Crippen LogP contribution in [0, 0.1) is 5.92 Å². The van der Waals surface area contributed by atoms with E-state index in [9.17, 15) is 19.2 Å². The topological polar surface area (TPSA) is 122 Å². The molecule has 1 atom stereocenters. The molecule has 3 aliphatic heterocycles. The van der Waals surface area contributed by atoms with E-state index >= 15 is 0 Å². The van der Waals surface area contributed by atoms with Crippen molar-refractivity contribution in [1.82, 2.24) is 4.90 Å². The molecule has 0 aliphatic carbocycles. The van der Waals surface area contributed by atoms with Crippen LogP contribution in [0.3, 0.4) is 0 Å². The summed E-state index contributed by atoms with van der Waals surface area (Å²) in [6.45, 7) is 5.40. The molecule has 38 heavy (non-hydrogen) atoms. The van der Waals surface area contributed by atoms with Gasteiger partial charge in [-0.1, -0.05) is 49.2 Å². The van der Waals surface area contributed by atoms with Crippen LogP contribution >= 0.6 is 23.2 Å². The minimum absolute atomic E-state index is 0.0189. The van der Waals surface area contributed by atoms with Gasteiger partial charge >= 0.3 is 5.97 Å². The van der Waals surface area contributed by atoms with E-state index in [1.165, 1.54) is 4.90 Å². The molecule has 9 nitrogen and oxygen atoms in total. The molecule has 2 aromatic carbocycles. The first-order valence-corrected chi connectivity index (χ1v) is 12.8. The number of carbonyl (C=O) groups excluding carboxylic acids is 4. The lowest BCUT2D eigenvalue weighted by atomic mass is 9.66. The second-order valence-electron chi connectivity index (χ2n) is 9.50. The minimum atomic E-state index is -2.06. The molecule has 3 aliphatic rings. The monoisotopic (exact) mass is 554 g/mol. The Kier molecular flexibility index (Phi) is 6.24. The van der Waals surface area contributed by atoms with Crippen LogP contribution in [0.15, 0.2) is 65.1 Å². The highest BCUT2D eigenvalue weighted by Gasteiger charge is 2.66. The molecule has 11 heteroatoms. The zero-order valence-corrected chi connectivity index (χ0v) is 22.3. The van der Waals surface area contributed by atoms with Crippen molar-refractivity contribution in [2.45, 2.75) is 26.2 Å². The predicted octanol–water partition coefficient (Wildman–Crippen LogP) is 3.72. The molecule has 0 radical (unpaired) electrons. The predicted molar refractivity (Wildman–Crippen MR) is 142 cm³/mol. The normalized spacial score (nSPS) is 20.5. The molecular formula is C27H24Cl2N4O5. The molecular weight excluding hydrogens is 531 g/mol. The fourth-order valence-electron chi connectivity index (χ4n) is 5.30. The van der Waals surface area contributed by atoms with Crippen molar-refractivity contribution in [2.24, 2.45) is 11.7 Å². The molecule has 3 amide bonds. The summed E-state index contributed by atoms with van der Waals surface area (Å²) in [4.78, 5) is 58.1. The lowest BCUT2D eigenvalue weighted by Gasteiger charge is -2.39. The first-order chi connectivity index (χ1) is 18.0. The zero-order valence-electron chi connectivity index (χ0n) is 20.8. The number of amides is 3. The van der Waals surface area contributed by atoms with E-state index in [-0.39, 0.29) is 58.0 Å². The summed E-state index contributed by atoms with van der Waals surface area (Å²) in [5.41, 5.74) is 4.87. The Morgan fingerprint density at radius 1 is 1.08 bits per heavy atom. The summed E-state index contributed by atoms with van der Waals surface area (Å²) in [6.07, 6.45) is 0. The second kappa shape index (κ2) is 9.18. The van der Waals surface area contributed by atoms with Crippen LogP contribution in [0.25, 0.3) is 0 Å². The fourth-order valence-corrected chi connectivity index (χ4v) is 5.65. The summed E-state index contributed by atoms with van der Waals surface area (Å²) in [5, 5.41) is 3.35. The maximum absolute atomic E-state index is 14.1. The number of carbonyl (C=O) groups is 4. The van der Waals surface area contributed by atoms with Crippen LogP contribution in [0.5, 0.6) is 0 Å². The molecule has 0 saturated carbocycles. The molecule has 5 rings (SSSR count). The third-order valence-electron chi connectivity index (χ3n) is 6.72. The maximum atomic E-state index is 14.1. The molecule has 2 aromatic rings. The van der Waals surface area contributed by atoms with Gasteiger partial charge in [0.1, 0.15) is 22.5 Å². The van der Waals surface area contributed by atoms with E-state index in [2.05, 4.69) is 5.32 Å². The quantitative estimate of drug-likeness (QED) is 0.426. The second-order valence-corrected chi connectivity index (χ2v) is 10.3. The van der Waals surface area contributed by atoms with Crippen molar-refractivity contribution < 1.29 is 23.9 Å². The van der Waals surface area contributed by atoms with Crippen molar-refractivity contribution in [2.75, 3.05) is 23.4 Å². The van der Waals surface area contributed by atoms with Gasteiger partial charge in [0.2, 0.25) is 5.91 Å². The summed E-state index contributed by atoms with van der Waals surface area (Å²) in [5.74, 6) is -3.27. The largest absolute Gasteiger partial charge is 0.462 e. The van der Waals surface area contributed by atoms with Crippen LogP contribution in [-0.2, 0) is 29.3 Å². The number of halogens is 2. The number of para-hydroxylation sites is 1. The number of benzene rings is 2. The molecule has 1 spiro atoms. The van der Waals surface area contributed by atoms with E-state index in [1.807, 2.05) is 13.8 Å². The van der Waals surface area contributed by atoms with Crippen LogP contribution in [-0.4, -0.2) is 41.7 Å². The highest BCUT2D eigenvalue weighted by atomic mass is 35.5. The number of nitrogens with zero attached hydrogens (tertiary/aromatic N) is 2. The van der Waals surface area contributed by atoms with E-state index < -0.39 is 29.1 Å². The number of ether oxygens (including phenoxy) is 1. The highest BCUT2D eigenvalue weighted by molar-refractivity contribution is 6.37. The van der Waals surface area contributed by atoms with Gasteiger partial charge in [0.05, 0.1) is 22.9 Å². The summed E-state index contributed by atoms with van der Waals surface area (Å²) in [6, 6.07) is 11.1. The first-order valence-electron chi connectivity index (χ1n) is 12.0. The SMILES string of the molecule is CCOC(=O)C1=C(N)N(c2ccc(Cl)cc2)C2=C(C(=O)N(CC(C)C)C2=O)[C@]12C(=O)Nc1c(Cl)cccc12. The Morgan fingerprint density at radius 2 is 1.76 bits per heavy atom. The van der Waals surface area contributed by atoms with E-state index in [4.69, 9.17) is 33.7 Å². The Bertz CT molecular complexity index is 1480.